The van der Waals surface area contributed by atoms with Crippen molar-refractivity contribution in [2.45, 2.75) is 37.8 Å². The second-order valence-corrected chi connectivity index (χ2v) is 9.48. The Balaban J connectivity index is 1.45. The lowest BCUT2D eigenvalue weighted by molar-refractivity contribution is -0.134. The first-order chi connectivity index (χ1) is 11.5. The molecule has 3 rings (SSSR count). The van der Waals surface area contributed by atoms with E-state index in [1.54, 1.807) is 0 Å². The van der Waals surface area contributed by atoms with Crippen molar-refractivity contribution in [1.82, 2.24) is 14.7 Å². The van der Waals surface area contributed by atoms with E-state index < -0.39 is 9.84 Å². The zero-order valence-corrected chi connectivity index (χ0v) is 15.1. The Kier molecular flexibility index (Phi) is 5.79. The molecule has 0 aromatic heterocycles. The minimum atomic E-state index is -2.85. The molecule has 2 unspecified atom stereocenters. The first-order valence-electron chi connectivity index (χ1n) is 9.05. The molecule has 0 radical (unpaired) electrons. The third-order valence-corrected chi connectivity index (χ3v) is 7.44. The molecule has 0 saturated carbocycles. The summed E-state index contributed by atoms with van der Waals surface area (Å²) < 4.78 is 23.2. The van der Waals surface area contributed by atoms with Crippen molar-refractivity contribution >= 4 is 15.7 Å². The van der Waals surface area contributed by atoms with Gasteiger partial charge in [0.2, 0.25) is 5.91 Å². The van der Waals surface area contributed by atoms with E-state index in [1.807, 2.05) is 4.90 Å². The Labute approximate surface area is 144 Å². The quantitative estimate of drug-likeness (QED) is 0.690. The summed E-state index contributed by atoms with van der Waals surface area (Å²) in [7, 11) is -2.85. The van der Waals surface area contributed by atoms with E-state index >= 15 is 0 Å². The maximum absolute atomic E-state index is 12.5. The number of carbonyl (C=O) groups is 1. The molecule has 8 heteroatoms. The predicted octanol–water partition coefficient (Wildman–Crippen LogP) is -0.835. The van der Waals surface area contributed by atoms with Crippen molar-refractivity contribution in [1.29, 1.82) is 0 Å². The topological polar surface area (TPSA) is 81.2 Å². The van der Waals surface area contributed by atoms with Crippen LogP contribution in [0.4, 0.5) is 0 Å². The molecule has 0 bridgehead atoms. The molecule has 3 heterocycles. The van der Waals surface area contributed by atoms with Crippen LogP contribution in [0.2, 0.25) is 0 Å². The summed E-state index contributed by atoms with van der Waals surface area (Å²) in [5, 5.41) is 9.13. The monoisotopic (exact) mass is 359 g/mol. The van der Waals surface area contributed by atoms with Crippen molar-refractivity contribution in [3.63, 3.8) is 0 Å². The molecule has 7 nitrogen and oxygen atoms in total. The lowest BCUT2D eigenvalue weighted by Gasteiger charge is -2.38. The average Bonchev–Trinajstić information content (AvgIpc) is 3.14. The summed E-state index contributed by atoms with van der Waals surface area (Å²) in [5.41, 5.74) is 0. The summed E-state index contributed by atoms with van der Waals surface area (Å²) >= 11 is 0. The fourth-order valence-corrected chi connectivity index (χ4v) is 6.01. The summed E-state index contributed by atoms with van der Waals surface area (Å²) in [6.07, 6.45) is 3.64. The number of hydrogen-bond acceptors (Lipinski definition) is 6. The van der Waals surface area contributed by atoms with Gasteiger partial charge >= 0.3 is 0 Å². The average molecular weight is 359 g/mol. The van der Waals surface area contributed by atoms with E-state index in [2.05, 4.69) is 9.80 Å². The van der Waals surface area contributed by atoms with Gasteiger partial charge < -0.3 is 10.0 Å². The summed E-state index contributed by atoms with van der Waals surface area (Å²) in [5.74, 6) is 0.744. The molecule has 3 aliphatic rings. The minimum absolute atomic E-state index is 0.139. The number of aliphatic hydroxyl groups is 1. The fourth-order valence-electron chi connectivity index (χ4n) is 4.25. The highest BCUT2D eigenvalue weighted by molar-refractivity contribution is 7.91. The first kappa shape index (κ1) is 18.1. The van der Waals surface area contributed by atoms with Gasteiger partial charge in [-0.25, -0.2) is 8.42 Å². The van der Waals surface area contributed by atoms with Crippen molar-refractivity contribution in [3.8, 4) is 0 Å². The zero-order chi connectivity index (χ0) is 17.2. The highest BCUT2D eigenvalue weighted by Crippen LogP contribution is 2.21. The Morgan fingerprint density at radius 3 is 2.46 bits per heavy atom. The Morgan fingerprint density at radius 1 is 1.08 bits per heavy atom. The lowest BCUT2D eigenvalue weighted by atomic mass is 10.1. The molecule has 3 saturated heterocycles. The van der Waals surface area contributed by atoms with E-state index in [4.69, 9.17) is 5.11 Å². The van der Waals surface area contributed by atoms with Gasteiger partial charge in [0.15, 0.2) is 9.84 Å². The van der Waals surface area contributed by atoms with Crippen LogP contribution in [-0.4, -0.2) is 104 Å². The summed E-state index contributed by atoms with van der Waals surface area (Å²) in [4.78, 5) is 18.9. The smallest absolute Gasteiger partial charge is 0.236 e. The molecule has 1 amide bonds. The normalized spacial score (nSPS) is 31.6. The maximum atomic E-state index is 12.5. The second-order valence-electron chi connectivity index (χ2n) is 7.25. The molecule has 0 aromatic rings. The van der Waals surface area contributed by atoms with Crippen LogP contribution < -0.4 is 0 Å². The molecule has 0 spiro atoms. The number of likely N-dealkylation sites (tertiary alicyclic amines) is 1. The number of rotatable bonds is 5. The summed E-state index contributed by atoms with van der Waals surface area (Å²) in [6, 6.07) is 0.476. The lowest BCUT2D eigenvalue weighted by Crippen LogP contribution is -2.54. The highest BCUT2D eigenvalue weighted by atomic mass is 32.2. The Hall–Kier alpha value is -0.700. The number of nitrogens with zero attached hydrogens (tertiary/aromatic N) is 3. The number of hydrogen-bond donors (Lipinski definition) is 1. The fraction of sp³-hybridized carbons (Fsp3) is 0.938. The minimum Gasteiger partial charge on any atom is -0.396 e. The van der Waals surface area contributed by atoms with Crippen molar-refractivity contribution in [3.05, 3.63) is 0 Å². The SMILES string of the molecule is O=C(CN1CCCC1CCO)N1CCN(C2CCS(=O)(=O)C2)CC1. The third-order valence-electron chi connectivity index (χ3n) is 5.69. The first-order valence-corrected chi connectivity index (χ1v) is 10.9. The molecule has 24 heavy (non-hydrogen) atoms. The Morgan fingerprint density at radius 2 is 1.83 bits per heavy atom. The van der Waals surface area contributed by atoms with Gasteiger partial charge in [-0.3, -0.25) is 14.6 Å². The molecule has 0 aliphatic carbocycles. The molecular formula is C16H29N3O4S. The van der Waals surface area contributed by atoms with Crippen LogP contribution in [-0.2, 0) is 14.6 Å². The van der Waals surface area contributed by atoms with Gasteiger partial charge in [0.05, 0.1) is 18.1 Å². The van der Waals surface area contributed by atoms with E-state index in [0.29, 0.717) is 31.4 Å². The van der Waals surface area contributed by atoms with E-state index in [-0.39, 0.29) is 24.3 Å². The largest absolute Gasteiger partial charge is 0.396 e. The van der Waals surface area contributed by atoms with Crippen LogP contribution in [0.15, 0.2) is 0 Å². The van der Waals surface area contributed by atoms with Gasteiger partial charge in [0.1, 0.15) is 0 Å². The zero-order valence-electron chi connectivity index (χ0n) is 14.3. The van der Waals surface area contributed by atoms with Crippen LogP contribution in [0.5, 0.6) is 0 Å². The van der Waals surface area contributed by atoms with Crippen LogP contribution >= 0.6 is 0 Å². The summed E-state index contributed by atoms with van der Waals surface area (Å²) in [6.45, 7) is 4.48. The van der Waals surface area contributed by atoms with Crippen LogP contribution in [0.3, 0.4) is 0 Å². The number of aliphatic hydroxyl groups excluding tert-OH is 1. The van der Waals surface area contributed by atoms with Crippen LogP contribution in [0, 0.1) is 0 Å². The molecule has 0 aromatic carbocycles. The molecule has 1 N–H and O–H groups in total. The standard InChI is InChI=1S/C16H29N3O4S/c20-10-3-14-2-1-5-19(14)12-16(21)18-8-6-17(7-9-18)15-4-11-24(22,23)13-15/h14-15,20H,1-13H2. The number of sulfone groups is 1. The number of carbonyl (C=O) groups excluding carboxylic acids is 1. The van der Waals surface area contributed by atoms with Gasteiger partial charge in [0, 0.05) is 44.9 Å². The van der Waals surface area contributed by atoms with Gasteiger partial charge in [-0.15, -0.1) is 0 Å². The van der Waals surface area contributed by atoms with E-state index in [1.165, 1.54) is 0 Å². The number of amides is 1. The molecule has 2 atom stereocenters. The van der Waals surface area contributed by atoms with Crippen LogP contribution in [0.25, 0.3) is 0 Å². The van der Waals surface area contributed by atoms with E-state index in [9.17, 15) is 13.2 Å². The predicted molar refractivity (Wildman–Crippen MR) is 91.5 cm³/mol. The van der Waals surface area contributed by atoms with Gasteiger partial charge in [-0.2, -0.15) is 0 Å². The highest BCUT2D eigenvalue weighted by Gasteiger charge is 2.35. The van der Waals surface area contributed by atoms with Gasteiger partial charge in [-0.1, -0.05) is 0 Å². The van der Waals surface area contributed by atoms with Gasteiger partial charge in [0.25, 0.3) is 0 Å². The van der Waals surface area contributed by atoms with Crippen molar-refractivity contribution in [2.75, 3.05) is 57.4 Å². The van der Waals surface area contributed by atoms with Crippen molar-refractivity contribution in [2.24, 2.45) is 0 Å². The molecule has 3 aliphatic heterocycles. The molecule has 138 valence electrons. The number of piperazine rings is 1. The van der Waals surface area contributed by atoms with Gasteiger partial charge in [-0.05, 0) is 32.2 Å². The Bertz CT molecular complexity index is 546. The maximum Gasteiger partial charge on any atom is 0.236 e. The molecule has 3 fully saturated rings. The third kappa shape index (κ3) is 4.28. The van der Waals surface area contributed by atoms with E-state index in [0.717, 1.165) is 45.3 Å². The second kappa shape index (κ2) is 7.68. The molecular weight excluding hydrogens is 330 g/mol. The van der Waals surface area contributed by atoms with Crippen LogP contribution in [0.1, 0.15) is 25.7 Å². The van der Waals surface area contributed by atoms with Crippen molar-refractivity contribution < 1.29 is 18.3 Å².